The number of fused-ring (bicyclic) bond motifs is 1. The molecule has 2 saturated heterocycles. The summed E-state index contributed by atoms with van der Waals surface area (Å²) in [5, 5.41) is 0. The van der Waals surface area contributed by atoms with E-state index in [9.17, 15) is 0 Å². The normalized spacial score (nSPS) is 41.3. The summed E-state index contributed by atoms with van der Waals surface area (Å²) < 4.78 is 23.7. The molecule has 5 atom stereocenters. The molecule has 0 aromatic carbocycles. The Hall–Kier alpha value is -0.420. The van der Waals surface area contributed by atoms with Crippen LogP contribution in [0.3, 0.4) is 0 Å². The molecule has 0 aromatic rings. The molecular formula is C15H26O4. The quantitative estimate of drug-likeness (QED) is 0.736. The van der Waals surface area contributed by atoms with E-state index in [0.29, 0.717) is 5.92 Å². The zero-order valence-electron chi connectivity index (χ0n) is 12.6. The minimum atomic E-state index is -0.562. The third-order valence-corrected chi connectivity index (χ3v) is 3.93. The molecule has 0 saturated carbocycles. The van der Waals surface area contributed by atoms with Crippen molar-refractivity contribution in [3.63, 3.8) is 0 Å². The number of hydrogen-bond acceptors (Lipinski definition) is 4. The SMILES string of the molecule is C=CC[C@H]1O[C@H](OC)[C@H](C(C)C)[C@H]2OC(C)(C)O[C@H]21. The first-order chi connectivity index (χ1) is 8.89. The lowest BCUT2D eigenvalue weighted by atomic mass is 9.82. The molecule has 110 valence electrons. The maximum atomic E-state index is 6.12. The highest BCUT2D eigenvalue weighted by Crippen LogP contribution is 2.43. The second kappa shape index (κ2) is 5.52. The Bertz CT molecular complexity index is 326. The molecular weight excluding hydrogens is 244 g/mol. The van der Waals surface area contributed by atoms with Crippen molar-refractivity contribution in [1.82, 2.24) is 0 Å². The lowest BCUT2D eigenvalue weighted by Crippen LogP contribution is -2.55. The summed E-state index contributed by atoms with van der Waals surface area (Å²) in [6, 6.07) is 0. The van der Waals surface area contributed by atoms with Crippen molar-refractivity contribution >= 4 is 0 Å². The third kappa shape index (κ3) is 2.87. The smallest absolute Gasteiger partial charge is 0.163 e. The number of hydrogen-bond donors (Lipinski definition) is 0. The maximum absolute atomic E-state index is 6.12. The molecule has 0 N–H and O–H groups in total. The van der Waals surface area contributed by atoms with Gasteiger partial charge < -0.3 is 18.9 Å². The van der Waals surface area contributed by atoms with Gasteiger partial charge in [-0.1, -0.05) is 19.9 Å². The highest BCUT2D eigenvalue weighted by molar-refractivity contribution is 4.98. The van der Waals surface area contributed by atoms with Crippen molar-refractivity contribution in [2.45, 2.75) is 64.5 Å². The molecule has 4 heteroatoms. The zero-order chi connectivity index (χ0) is 14.2. The highest BCUT2D eigenvalue weighted by Gasteiger charge is 2.55. The Labute approximate surface area is 116 Å². The lowest BCUT2D eigenvalue weighted by molar-refractivity contribution is -0.257. The van der Waals surface area contributed by atoms with E-state index < -0.39 is 5.79 Å². The first-order valence-electron chi connectivity index (χ1n) is 7.04. The largest absolute Gasteiger partial charge is 0.355 e. The monoisotopic (exact) mass is 270 g/mol. The second-order valence-corrected chi connectivity index (χ2v) is 6.19. The van der Waals surface area contributed by atoms with Crippen LogP contribution in [0.4, 0.5) is 0 Å². The molecule has 0 amide bonds. The standard InChI is InChI=1S/C15H26O4/c1-7-8-10-12-13(19-15(4,5)18-12)11(9(2)3)14(16-6)17-10/h7,9-14H,1,8H2,2-6H3/t10-,11-,12+,13-,14+/m1/s1. The number of ether oxygens (including phenoxy) is 4. The van der Waals surface area contributed by atoms with Crippen LogP contribution in [0, 0.1) is 11.8 Å². The van der Waals surface area contributed by atoms with Gasteiger partial charge in [0.1, 0.15) is 6.10 Å². The molecule has 0 aromatic heterocycles. The molecule has 2 heterocycles. The van der Waals surface area contributed by atoms with E-state index in [-0.39, 0.29) is 30.5 Å². The van der Waals surface area contributed by atoms with Crippen molar-refractivity contribution < 1.29 is 18.9 Å². The van der Waals surface area contributed by atoms with Gasteiger partial charge in [-0.3, -0.25) is 0 Å². The molecule has 0 radical (unpaired) electrons. The molecule has 4 nitrogen and oxygen atoms in total. The molecule has 2 fully saturated rings. The van der Waals surface area contributed by atoms with E-state index in [1.54, 1.807) is 7.11 Å². The summed E-state index contributed by atoms with van der Waals surface area (Å²) in [7, 11) is 1.69. The first-order valence-corrected chi connectivity index (χ1v) is 7.04. The van der Waals surface area contributed by atoms with Crippen LogP contribution in [0.1, 0.15) is 34.1 Å². The fourth-order valence-electron chi connectivity index (χ4n) is 3.16. The summed E-state index contributed by atoms with van der Waals surface area (Å²) in [5.74, 6) is 0.0194. The van der Waals surface area contributed by atoms with Crippen molar-refractivity contribution in [2.75, 3.05) is 7.11 Å². The van der Waals surface area contributed by atoms with Gasteiger partial charge in [-0.05, 0) is 26.2 Å². The molecule has 2 aliphatic rings. The van der Waals surface area contributed by atoms with Crippen molar-refractivity contribution in [3.05, 3.63) is 12.7 Å². The van der Waals surface area contributed by atoms with E-state index in [1.165, 1.54) is 0 Å². The van der Waals surface area contributed by atoms with Gasteiger partial charge >= 0.3 is 0 Å². The van der Waals surface area contributed by atoms with E-state index in [0.717, 1.165) is 6.42 Å². The van der Waals surface area contributed by atoms with E-state index >= 15 is 0 Å². The predicted octanol–water partition coefficient (Wildman–Crippen LogP) is 2.73. The molecule has 0 aliphatic carbocycles. The van der Waals surface area contributed by atoms with Crippen LogP contribution in [0.15, 0.2) is 12.7 Å². The number of methoxy groups -OCH3 is 1. The van der Waals surface area contributed by atoms with Crippen LogP contribution < -0.4 is 0 Å². The van der Waals surface area contributed by atoms with Crippen LogP contribution in [0.2, 0.25) is 0 Å². The highest BCUT2D eigenvalue weighted by atomic mass is 16.8. The van der Waals surface area contributed by atoms with Crippen LogP contribution in [0.25, 0.3) is 0 Å². The van der Waals surface area contributed by atoms with Crippen molar-refractivity contribution in [2.24, 2.45) is 11.8 Å². The summed E-state index contributed by atoms with van der Waals surface area (Å²) in [5.41, 5.74) is 0. The Morgan fingerprint density at radius 1 is 1.26 bits per heavy atom. The minimum Gasteiger partial charge on any atom is -0.355 e. The number of rotatable bonds is 4. The fraction of sp³-hybridized carbons (Fsp3) is 0.867. The summed E-state index contributed by atoms with van der Waals surface area (Å²) >= 11 is 0. The predicted molar refractivity (Wildman–Crippen MR) is 72.6 cm³/mol. The van der Waals surface area contributed by atoms with Gasteiger partial charge in [0.25, 0.3) is 0 Å². The minimum absolute atomic E-state index is 0.0126. The van der Waals surface area contributed by atoms with Gasteiger partial charge in [-0.2, -0.15) is 0 Å². The van der Waals surface area contributed by atoms with E-state index in [4.69, 9.17) is 18.9 Å². The van der Waals surface area contributed by atoms with E-state index in [1.807, 2.05) is 19.9 Å². The fourth-order valence-corrected chi connectivity index (χ4v) is 3.16. The average molecular weight is 270 g/mol. The van der Waals surface area contributed by atoms with Gasteiger partial charge in [0, 0.05) is 13.0 Å². The Morgan fingerprint density at radius 2 is 1.89 bits per heavy atom. The van der Waals surface area contributed by atoms with Gasteiger partial charge in [0.05, 0.1) is 12.2 Å². The molecule has 2 aliphatic heterocycles. The Morgan fingerprint density at radius 3 is 2.42 bits per heavy atom. The van der Waals surface area contributed by atoms with Crippen LogP contribution in [-0.4, -0.2) is 37.5 Å². The van der Waals surface area contributed by atoms with Crippen LogP contribution >= 0.6 is 0 Å². The Kier molecular flexibility index (Phi) is 4.35. The van der Waals surface area contributed by atoms with E-state index in [2.05, 4.69) is 20.4 Å². The van der Waals surface area contributed by atoms with Gasteiger partial charge in [-0.25, -0.2) is 0 Å². The topological polar surface area (TPSA) is 36.9 Å². The lowest BCUT2D eigenvalue weighted by Gasteiger charge is -2.43. The summed E-state index contributed by atoms with van der Waals surface area (Å²) in [6.07, 6.45) is 2.27. The van der Waals surface area contributed by atoms with Crippen LogP contribution in [-0.2, 0) is 18.9 Å². The maximum Gasteiger partial charge on any atom is 0.163 e. The van der Waals surface area contributed by atoms with Crippen molar-refractivity contribution in [1.29, 1.82) is 0 Å². The average Bonchev–Trinajstić information content (AvgIpc) is 2.63. The first kappa shape index (κ1) is 15.0. The van der Waals surface area contributed by atoms with Crippen molar-refractivity contribution in [3.8, 4) is 0 Å². The van der Waals surface area contributed by atoms with Gasteiger partial charge in [0.15, 0.2) is 12.1 Å². The summed E-state index contributed by atoms with van der Waals surface area (Å²) in [4.78, 5) is 0. The molecule has 0 spiro atoms. The van der Waals surface area contributed by atoms with Gasteiger partial charge in [0.2, 0.25) is 0 Å². The third-order valence-electron chi connectivity index (χ3n) is 3.93. The van der Waals surface area contributed by atoms with Gasteiger partial charge in [-0.15, -0.1) is 6.58 Å². The molecule has 0 unspecified atom stereocenters. The second-order valence-electron chi connectivity index (χ2n) is 6.19. The molecule has 0 bridgehead atoms. The molecule has 2 rings (SSSR count). The van der Waals surface area contributed by atoms with Crippen LogP contribution in [0.5, 0.6) is 0 Å². The summed E-state index contributed by atoms with van der Waals surface area (Å²) in [6.45, 7) is 12.0. The molecule has 19 heavy (non-hydrogen) atoms. The zero-order valence-corrected chi connectivity index (χ0v) is 12.6. The Balaban J connectivity index is 2.26.